The molecule has 5 nitrogen and oxygen atoms in total. The van der Waals surface area contributed by atoms with Gasteiger partial charge in [0.05, 0.1) is 23.8 Å². The van der Waals surface area contributed by atoms with Crippen LogP contribution < -0.4 is 0 Å². The van der Waals surface area contributed by atoms with Crippen LogP contribution >= 0.6 is 11.8 Å². The number of amides is 1. The molecule has 1 aliphatic heterocycles. The second-order valence-corrected chi connectivity index (χ2v) is 4.98. The molecule has 0 fully saturated rings. The molecule has 1 aliphatic rings. The van der Waals surface area contributed by atoms with E-state index in [9.17, 15) is 4.79 Å². The maximum absolute atomic E-state index is 11.9. The Morgan fingerprint density at radius 1 is 1.53 bits per heavy atom. The molecule has 98 valence electrons. The first kappa shape index (κ1) is 13.6. The van der Waals surface area contributed by atoms with Crippen molar-refractivity contribution in [3.05, 3.63) is 35.4 Å². The molecular weight excluding hydrogens is 262 g/mol. The molecule has 1 amide bonds. The quantitative estimate of drug-likeness (QED) is 0.783. The van der Waals surface area contributed by atoms with Gasteiger partial charge in [0.2, 0.25) is 0 Å². The first-order chi connectivity index (χ1) is 9.15. The number of nitrogens with zero attached hydrogens (tertiary/aromatic N) is 3. The number of hydroxylamine groups is 2. The lowest BCUT2D eigenvalue weighted by Crippen LogP contribution is -2.34. The van der Waals surface area contributed by atoms with E-state index < -0.39 is 6.04 Å². The average Bonchev–Trinajstić information content (AvgIpc) is 2.95. The SMILES string of the molecule is CON(C)C(=O)[C@@H]1CSC(c2ccc(C#N)cc2)=N1. The minimum Gasteiger partial charge on any atom is -0.274 e. The molecular formula is C13H13N3O2S. The summed E-state index contributed by atoms with van der Waals surface area (Å²) in [4.78, 5) is 21.2. The summed E-state index contributed by atoms with van der Waals surface area (Å²) in [7, 11) is 3.02. The van der Waals surface area contributed by atoms with Crippen LogP contribution in [0.5, 0.6) is 0 Å². The summed E-state index contributed by atoms with van der Waals surface area (Å²) < 4.78 is 0. The monoisotopic (exact) mass is 275 g/mol. The van der Waals surface area contributed by atoms with Gasteiger partial charge in [-0.3, -0.25) is 14.6 Å². The normalized spacial score (nSPS) is 17.7. The number of hydrogen-bond acceptors (Lipinski definition) is 5. The molecule has 0 aromatic heterocycles. The van der Waals surface area contributed by atoms with E-state index in [0.717, 1.165) is 10.6 Å². The second-order valence-electron chi connectivity index (χ2n) is 3.97. The number of nitriles is 1. The first-order valence-corrected chi connectivity index (χ1v) is 6.67. The molecule has 0 saturated carbocycles. The predicted molar refractivity (Wildman–Crippen MR) is 73.7 cm³/mol. The number of aliphatic imine (C=N–C) groups is 1. The van der Waals surface area contributed by atoms with Crippen LogP contribution in [0.3, 0.4) is 0 Å². The lowest BCUT2D eigenvalue weighted by atomic mass is 10.1. The number of thioether (sulfide) groups is 1. The maximum atomic E-state index is 11.9. The molecule has 0 saturated heterocycles. The summed E-state index contributed by atoms with van der Waals surface area (Å²) in [6.45, 7) is 0. The standard InChI is InChI=1S/C13H13N3O2S/c1-16(18-2)13(17)11-8-19-12(15-11)10-5-3-9(7-14)4-6-10/h3-6,11H,8H2,1-2H3/t11-/m0/s1. The third-order valence-electron chi connectivity index (χ3n) is 2.78. The number of carbonyl (C=O) groups is 1. The minimum absolute atomic E-state index is 0.154. The van der Waals surface area contributed by atoms with Crippen molar-refractivity contribution in [1.29, 1.82) is 5.26 Å². The van der Waals surface area contributed by atoms with E-state index >= 15 is 0 Å². The number of likely N-dealkylation sites (N-methyl/N-ethyl adjacent to an activating group) is 1. The third-order valence-corrected chi connectivity index (χ3v) is 3.88. The van der Waals surface area contributed by atoms with E-state index in [1.807, 2.05) is 12.1 Å². The zero-order valence-electron chi connectivity index (χ0n) is 10.7. The van der Waals surface area contributed by atoms with Crippen LogP contribution in [0.1, 0.15) is 11.1 Å². The number of hydrogen-bond donors (Lipinski definition) is 0. The van der Waals surface area contributed by atoms with Crippen molar-refractivity contribution in [2.75, 3.05) is 19.9 Å². The topological polar surface area (TPSA) is 65.7 Å². The van der Waals surface area contributed by atoms with Gasteiger partial charge in [-0.2, -0.15) is 5.26 Å². The number of carbonyl (C=O) groups excluding carboxylic acids is 1. The fourth-order valence-corrected chi connectivity index (χ4v) is 2.68. The summed E-state index contributed by atoms with van der Waals surface area (Å²) in [6.07, 6.45) is 0. The highest BCUT2D eigenvalue weighted by atomic mass is 32.2. The molecule has 19 heavy (non-hydrogen) atoms. The van der Waals surface area contributed by atoms with Crippen molar-refractivity contribution in [2.24, 2.45) is 4.99 Å². The zero-order chi connectivity index (χ0) is 13.8. The van der Waals surface area contributed by atoms with Crippen molar-refractivity contribution in [3.8, 4) is 6.07 Å². The summed E-state index contributed by atoms with van der Waals surface area (Å²) in [6, 6.07) is 8.85. The molecule has 6 heteroatoms. The van der Waals surface area contributed by atoms with Gasteiger partial charge in [-0.25, -0.2) is 5.06 Å². The lowest BCUT2D eigenvalue weighted by molar-refractivity contribution is -0.169. The molecule has 0 bridgehead atoms. The summed E-state index contributed by atoms with van der Waals surface area (Å²) >= 11 is 1.54. The van der Waals surface area contributed by atoms with Crippen molar-refractivity contribution < 1.29 is 9.63 Å². The molecule has 1 aromatic carbocycles. The fraction of sp³-hybridized carbons (Fsp3) is 0.308. The average molecular weight is 275 g/mol. The molecule has 1 heterocycles. The predicted octanol–water partition coefficient (Wildman–Crippen LogP) is 1.44. The molecule has 1 atom stereocenters. The van der Waals surface area contributed by atoms with E-state index in [4.69, 9.17) is 10.1 Å². The van der Waals surface area contributed by atoms with Gasteiger partial charge in [0.1, 0.15) is 6.04 Å². The van der Waals surface area contributed by atoms with E-state index in [-0.39, 0.29) is 5.91 Å². The molecule has 0 aliphatic carbocycles. The van der Waals surface area contributed by atoms with Gasteiger partial charge < -0.3 is 0 Å². The van der Waals surface area contributed by atoms with Gasteiger partial charge >= 0.3 is 0 Å². The Hall–Kier alpha value is -1.84. The number of benzene rings is 1. The maximum Gasteiger partial charge on any atom is 0.271 e. The largest absolute Gasteiger partial charge is 0.274 e. The van der Waals surface area contributed by atoms with Gasteiger partial charge in [-0.15, -0.1) is 11.8 Å². The van der Waals surface area contributed by atoms with Gasteiger partial charge in [-0.05, 0) is 12.1 Å². The van der Waals surface area contributed by atoms with Gasteiger partial charge in [0, 0.05) is 18.4 Å². The molecule has 0 N–H and O–H groups in total. The van der Waals surface area contributed by atoms with Crippen molar-refractivity contribution >= 4 is 22.7 Å². The van der Waals surface area contributed by atoms with Crippen LogP contribution in [-0.4, -0.2) is 42.0 Å². The van der Waals surface area contributed by atoms with Crippen LogP contribution in [0.4, 0.5) is 0 Å². The fourth-order valence-electron chi connectivity index (χ4n) is 1.65. The van der Waals surface area contributed by atoms with Crippen molar-refractivity contribution in [3.63, 3.8) is 0 Å². The highest BCUT2D eigenvalue weighted by Gasteiger charge is 2.28. The Balaban J connectivity index is 2.14. The molecule has 1 aromatic rings. The van der Waals surface area contributed by atoms with Crippen molar-refractivity contribution in [2.45, 2.75) is 6.04 Å². The Morgan fingerprint density at radius 2 is 2.21 bits per heavy atom. The van der Waals surface area contributed by atoms with E-state index in [1.165, 1.54) is 23.9 Å². The smallest absolute Gasteiger partial charge is 0.271 e. The van der Waals surface area contributed by atoms with Gasteiger partial charge in [0.25, 0.3) is 5.91 Å². The molecule has 0 spiro atoms. The summed E-state index contributed by atoms with van der Waals surface area (Å²) in [5, 5.41) is 10.8. The van der Waals surface area contributed by atoms with Crippen molar-refractivity contribution in [1.82, 2.24) is 5.06 Å². The lowest BCUT2D eigenvalue weighted by Gasteiger charge is -2.15. The minimum atomic E-state index is -0.402. The summed E-state index contributed by atoms with van der Waals surface area (Å²) in [5.41, 5.74) is 1.54. The van der Waals surface area contributed by atoms with Crippen LogP contribution in [0, 0.1) is 11.3 Å². The molecule has 2 rings (SSSR count). The van der Waals surface area contributed by atoms with Crippen LogP contribution in [-0.2, 0) is 9.63 Å². The Kier molecular flexibility index (Phi) is 4.20. The van der Waals surface area contributed by atoms with Crippen LogP contribution in [0.2, 0.25) is 0 Å². The Bertz CT molecular complexity index is 548. The van der Waals surface area contributed by atoms with Crippen LogP contribution in [0.15, 0.2) is 29.3 Å². The van der Waals surface area contributed by atoms with E-state index in [1.54, 1.807) is 19.2 Å². The van der Waals surface area contributed by atoms with Gasteiger partial charge in [-0.1, -0.05) is 12.1 Å². The highest BCUT2D eigenvalue weighted by Crippen LogP contribution is 2.24. The Labute approximate surface area is 115 Å². The molecule has 0 radical (unpaired) electrons. The van der Waals surface area contributed by atoms with Crippen LogP contribution in [0.25, 0.3) is 0 Å². The summed E-state index contributed by atoms with van der Waals surface area (Å²) in [5.74, 6) is 0.459. The van der Waals surface area contributed by atoms with E-state index in [0.29, 0.717) is 11.3 Å². The first-order valence-electron chi connectivity index (χ1n) is 5.68. The second kappa shape index (κ2) is 5.87. The molecule has 0 unspecified atom stereocenters. The number of rotatable bonds is 3. The highest BCUT2D eigenvalue weighted by molar-refractivity contribution is 8.14. The zero-order valence-corrected chi connectivity index (χ0v) is 11.5. The van der Waals surface area contributed by atoms with E-state index in [2.05, 4.69) is 11.1 Å². The van der Waals surface area contributed by atoms with Gasteiger partial charge in [0.15, 0.2) is 0 Å². The third kappa shape index (κ3) is 2.95. The Morgan fingerprint density at radius 3 is 2.79 bits per heavy atom.